The Kier molecular flexibility index (Phi) is 5.02. The zero-order valence-corrected chi connectivity index (χ0v) is 19.0. The van der Waals surface area contributed by atoms with Crippen molar-refractivity contribution < 1.29 is 14.6 Å². The van der Waals surface area contributed by atoms with Crippen LogP contribution in [-0.4, -0.2) is 48.8 Å². The average molecular weight is 443 g/mol. The summed E-state index contributed by atoms with van der Waals surface area (Å²) in [5.41, 5.74) is 2.97. The number of carbonyl (C=O) groups is 1. The number of anilines is 1. The molecule has 1 saturated heterocycles. The maximum atomic E-state index is 13.5. The molecule has 3 aromatic carbocycles. The van der Waals surface area contributed by atoms with Crippen LogP contribution in [0.25, 0.3) is 10.8 Å². The van der Waals surface area contributed by atoms with Gasteiger partial charge < -0.3 is 14.7 Å². The minimum absolute atomic E-state index is 0.103. The predicted octanol–water partition coefficient (Wildman–Crippen LogP) is 4.17. The molecular weight excluding hydrogens is 412 g/mol. The van der Waals surface area contributed by atoms with Crippen LogP contribution in [0.15, 0.2) is 60.7 Å². The number of likely N-dealkylation sites (tertiary alicyclic amines) is 1. The zero-order valence-electron chi connectivity index (χ0n) is 19.0. The highest BCUT2D eigenvalue weighted by atomic mass is 16.5. The fourth-order valence-electron chi connectivity index (χ4n) is 6.31. The minimum Gasteiger partial charge on any atom is -0.385 e. The first kappa shape index (κ1) is 20.8. The number of methoxy groups -OCH3 is 1. The molecule has 1 amide bonds. The van der Waals surface area contributed by atoms with E-state index in [2.05, 4.69) is 41.3 Å². The number of benzene rings is 3. The Labute approximate surface area is 194 Å². The van der Waals surface area contributed by atoms with Crippen molar-refractivity contribution in [2.24, 2.45) is 0 Å². The smallest absolute Gasteiger partial charge is 0.264 e. The van der Waals surface area contributed by atoms with Gasteiger partial charge in [0.05, 0.1) is 5.69 Å². The standard InChI is InChI=1S/C28H30N2O3/c1-33-17-14-28(32)23-10-2-3-11-24(23)30(27(28)31)21-12-15-29(16-13-21)25-18-20-8-4-6-19-7-5-9-22(25)26(19)20/h2-11,21,25,32H,12-18H2,1H3/t25-,28?/m1/s1. The molecule has 5 nitrogen and oxygen atoms in total. The van der Waals surface area contributed by atoms with Gasteiger partial charge in [-0.25, -0.2) is 0 Å². The summed E-state index contributed by atoms with van der Waals surface area (Å²) < 4.78 is 5.20. The first-order valence-corrected chi connectivity index (χ1v) is 12.0. The zero-order chi connectivity index (χ0) is 22.6. The van der Waals surface area contributed by atoms with Crippen molar-refractivity contribution in [3.8, 4) is 0 Å². The Morgan fingerprint density at radius 1 is 1.03 bits per heavy atom. The summed E-state index contributed by atoms with van der Waals surface area (Å²) >= 11 is 0. The normalized spacial score (nSPS) is 25.2. The molecule has 5 heteroatoms. The molecule has 0 spiro atoms. The summed E-state index contributed by atoms with van der Waals surface area (Å²) in [6, 6.07) is 21.5. The van der Waals surface area contributed by atoms with Crippen LogP contribution in [0.2, 0.25) is 0 Å². The third kappa shape index (κ3) is 3.14. The highest BCUT2D eigenvalue weighted by Gasteiger charge is 2.51. The van der Waals surface area contributed by atoms with Crippen molar-refractivity contribution >= 4 is 22.4 Å². The Bertz CT molecular complexity index is 1210. The van der Waals surface area contributed by atoms with Crippen LogP contribution in [0.3, 0.4) is 0 Å². The number of ether oxygens (including phenoxy) is 1. The van der Waals surface area contributed by atoms with E-state index in [1.54, 1.807) is 7.11 Å². The predicted molar refractivity (Wildman–Crippen MR) is 129 cm³/mol. The average Bonchev–Trinajstić information content (AvgIpc) is 3.33. The number of piperidine rings is 1. The summed E-state index contributed by atoms with van der Waals surface area (Å²) in [6.07, 6.45) is 3.15. The lowest BCUT2D eigenvalue weighted by molar-refractivity contribution is -0.138. The van der Waals surface area contributed by atoms with E-state index >= 15 is 0 Å². The Morgan fingerprint density at radius 3 is 2.58 bits per heavy atom. The van der Waals surface area contributed by atoms with E-state index < -0.39 is 5.60 Å². The first-order chi connectivity index (χ1) is 16.1. The number of carbonyl (C=O) groups excluding carboxylic acids is 1. The molecule has 1 unspecified atom stereocenters. The van der Waals surface area contributed by atoms with Crippen LogP contribution in [0, 0.1) is 0 Å². The van der Waals surface area contributed by atoms with Gasteiger partial charge in [0.2, 0.25) is 0 Å². The van der Waals surface area contributed by atoms with Gasteiger partial charge in [-0.1, -0.05) is 54.6 Å². The van der Waals surface area contributed by atoms with Gasteiger partial charge in [0.15, 0.2) is 5.60 Å². The Balaban J connectivity index is 1.22. The molecule has 1 fully saturated rings. The molecule has 170 valence electrons. The molecule has 2 aliphatic heterocycles. The molecule has 1 aliphatic carbocycles. The third-order valence-corrected chi connectivity index (χ3v) is 7.95. The van der Waals surface area contributed by atoms with Gasteiger partial charge in [0, 0.05) is 50.9 Å². The van der Waals surface area contributed by atoms with Crippen molar-refractivity contribution in [2.45, 2.75) is 43.4 Å². The molecule has 33 heavy (non-hydrogen) atoms. The van der Waals surface area contributed by atoms with Gasteiger partial charge in [0.1, 0.15) is 0 Å². The maximum Gasteiger partial charge on any atom is 0.264 e. The highest BCUT2D eigenvalue weighted by Crippen LogP contribution is 2.46. The summed E-state index contributed by atoms with van der Waals surface area (Å²) in [6.45, 7) is 2.24. The highest BCUT2D eigenvalue weighted by molar-refractivity contribution is 6.07. The minimum atomic E-state index is -1.49. The lowest BCUT2D eigenvalue weighted by Gasteiger charge is -2.40. The summed E-state index contributed by atoms with van der Waals surface area (Å²) in [4.78, 5) is 18.0. The van der Waals surface area contributed by atoms with Gasteiger partial charge >= 0.3 is 0 Å². The Morgan fingerprint density at radius 2 is 1.79 bits per heavy atom. The van der Waals surface area contributed by atoms with Crippen LogP contribution in [0.1, 0.15) is 42.0 Å². The fraction of sp³-hybridized carbons (Fsp3) is 0.393. The molecule has 3 aromatic rings. The summed E-state index contributed by atoms with van der Waals surface area (Å²) in [7, 11) is 1.60. The number of hydrogen-bond acceptors (Lipinski definition) is 4. The van der Waals surface area contributed by atoms with E-state index in [1.807, 2.05) is 29.2 Å². The van der Waals surface area contributed by atoms with E-state index in [4.69, 9.17) is 4.74 Å². The van der Waals surface area contributed by atoms with Gasteiger partial charge in [-0.2, -0.15) is 0 Å². The van der Waals surface area contributed by atoms with Crippen LogP contribution in [0.4, 0.5) is 5.69 Å². The topological polar surface area (TPSA) is 53.0 Å². The third-order valence-electron chi connectivity index (χ3n) is 7.95. The second kappa shape index (κ2) is 7.94. The van der Waals surface area contributed by atoms with E-state index in [-0.39, 0.29) is 18.4 Å². The van der Waals surface area contributed by atoms with Crippen molar-refractivity contribution in [1.82, 2.24) is 4.90 Å². The molecule has 3 aliphatic rings. The second-order valence-corrected chi connectivity index (χ2v) is 9.64. The number of aliphatic hydroxyl groups is 1. The molecule has 2 heterocycles. The quantitative estimate of drug-likeness (QED) is 0.644. The summed E-state index contributed by atoms with van der Waals surface area (Å²) in [5, 5.41) is 14.1. The number of amides is 1. The van der Waals surface area contributed by atoms with Crippen LogP contribution < -0.4 is 4.90 Å². The van der Waals surface area contributed by atoms with Crippen LogP contribution in [0.5, 0.6) is 0 Å². The maximum absolute atomic E-state index is 13.5. The molecule has 1 N–H and O–H groups in total. The molecule has 2 atom stereocenters. The van der Waals surface area contributed by atoms with Crippen molar-refractivity contribution in [1.29, 1.82) is 0 Å². The van der Waals surface area contributed by atoms with Gasteiger partial charge in [0.25, 0.3) is 5.91 Å². The van der Waals surface area contributed by atoms with E-state index in [0.29, 0.717) is 18.2 Å². The van der Waals surface area contributed by atoms with Gasteiger partial charge in [-0.15, -0.1) is 0 Å². The van der Waals surface area contributed by atoms with Gasteiger partial charge in [-0.3, -0.25) is 9.69 Å². The number of hydrogen-bond donors (Lipinski definition) is 1. The van der Waals surface area contributed by atoms with Crippen molar-refractivity contribution in [3.05, 3.63) is 77.4 Å². The molecule has 0 radical (unpaired) electrons. The van der Waals surface area contributed by atoms with Gasteiger partial charge in [-0.05, 0) is 47.2 Å². The number of nitrogens with zero attached hydrogens (tertiary/aromatic N) is 2. The molecule has 0 aromatic heterocycles. The monoisotopic (exact) mass is 442 g/mol. The van der Waals surface area contributed by atoms with Crippen LogP contribution >= 0.6 is 0 Å². The molecule has 0 bridgehead atoms. The molecule has 6 rings (SSSR count). The molecular formula is C28H30N2O3. The van der Waals surface area contributed by atoms with Crippen molar-refractivity contribution in [3.63, 3.8) is 0 Å². The van der Waals surface area contributed by atoms with E-state index in [0.717, 1.165) is 38.0 Å². The summed E-state index contributed by atoms with van der Waals surface area (Å²) in [5.74, 6) is -0.197. The number of rotatable bonds is 5. The lowest BCUT2D eigenvalue weighted by Crippen LogP contribution is -2.50. The Hall–Kier alpha value is -2.73. The fourth-order valence-corrected chi connectivity index (χ4v) is 6.31. The molecule has 0 saturated carbocycles. The second-order valence-electron chi connectivity index (χ2n) is 9.64. The van der Waals surface area contributed by atoms with Crippen LogP contribution in [-0.2, 0) is 21.6 Å². The van der Waals surface area contributed by atoms with E-state index in [9.17, 15) is 9.90 Å². The van der Waals surface area contributed by atoms with E-state index in [1.165, 1.54) is 21.9 Å². The van der Waals surface area contributed by atoms with Crippen molar-refractivity contribution in [2.75, 3.05) is 31.7 Å². The SMILES string of the molecule is COCCC1(O)C(=O)N(C2CCN([C@@H]3Cc4cccc5cccc3c45)CC2)c2ccccc21. The lowest BCUT2D eigenvalue weighted by atomic mass is 9.92. The first-order valence-electron chi connectivity index (χ1n) is 12.0. The number of fused-ring (bicyclic) bond motifs is 1. The number of para-hydroxylation sites is 1. The largest absolute Gasteiger partial charge is 0.385 e.